The number of aliphatic imine (C=N–C) groups is 2. The van der Waals surface area contributed by atoms with E-state index < -0.39 is 20.0 Å². The maximum Gasteiger partial charge on any atom is 0.266 e. The predicted octanol–water partition coefficient (Wildman–Crippen LogP) is 4.39. The van der Waals surface area contributed by atoms with E-state index in [1.165, 1.54) is 8.61 Å². The lowest BCUT2D eigenvalue weighted by molar-refractivity contribution is 0.529. The number of amidine groups is 1. The van der Waals surface area contributed by atoms with Gasteiger partial charge < -0.3 is 5.01 Å². The first-order valence-electron chi connectivity index (χ1n) is 16.2. The number of hydrogen-bond donors (Lipinski definition) is 2. The fraction of sp³-hybridized carbons (Fsp3) is 0.222. The van der Waals surface area contributed by atoms with Gasteiger partial charge in [-0.1, -0.05) is 83.9 Å². The molecular formula is C36H38N8O4S2. The van der Waals surface area contributed by atoms with Crippen molar-refractivity contribution in [3.63, 3.8) is 0 Å². The zero-order valence-corrected chi connectivity index (χ0v) is 29.6. The lowest BCUT2D eigenvalue weighted by Gasteiger charge is -2.33. The number of nitrogens with zero attached hydrogens (tertiary/aromatic N) is 6. The molecule has 5 aromatic carbocycles. The summed E-state index contributed by atoms with van der Waals surface area (Å²) in [6, 6.07) is 29.0. The van der Waals surface area contributed by atoms with Crippen LogP contribution in [0.3, 0.4) is 0 Å². The van der Waals surface area contributed by atoms with Crippen molar-refractivity contribution < 1.29 is 16.8 Å². The van der Waals surface area contributed by atoms with Gasteiger partial charge in [0.1, 0.15) is 5.84 Å². The van der Waals surface area contributed by atoms with Gasteiger partial charge in [0, 0.05) is 28.6 Å². The third kappa shape index (κ3) is 5.88. The fourth-order valence-corrected chi connectivity index (χ4v) is 9.32. The first-order chi connectivity index (χ1) is 24.0. The van der Waals surface area contributed by atoms with Crippen molar-refractivity contribution in [3.8, 4) is 0 Å². The summed E-state index contributed by atoms with van der Waals surface area (Å²) in [5.74, 6) is 6.84. The summed E-state index contributed by atoms with van der Waals surface area (Å²) in [5, 5.41) is 6.67. The van der Waals surface area contributed by atoms with Crippen molar-refractivity contribution in [2.45, 2.75) is 23.6 Å². The Morgan fingerprint density at radius 3 is 1.60 bits per heavy atom. The molecule has 0 saturated carbocycles. The number of rotatable bonds is 9. The molecule has 0 spiro atoms. The number of sulfonamides is 2. The monoisotopic (exact) mass is 710 g/mol. The number of nitrogens with one attached hydrogen (secondary N) is 1. The molecule has 0 atom stereocenters. The van der Waals surface area contributed by atoms with Crippen LogP contribution in [-0.4, -0.2) is 77.0 Å². The molecule has 0 radical (unpaired) electrons. The molecule has 50 heavy (non-hydrogen) atoms. The van der Waals surface area contributed by atoms with Crippen LogP contribution in [0.2, 0.25) is 0 Å². The van der Waals surface area contributed by atoms with Gasteiger partial charge in [-0.25, -0.2) is 32.0 Å². The molecule has 0 unspecified atom stereocenters. The molecule has 2 aliphatic heterocycles. The molecule has 3 N–H and O–H groups in total. The van der Waals surface area contributed by atoms with Gasteiger partial charge in [0.2, 0.25) is 5.96 Å². The first kappa shape index (κ1) is 33.3. The van der Waals surface area contributed by atoms with Crippen LogP contribution in [0, 0.1) is 13.8 Å². The van der Waals surface area contributed by atoms with E-state index in [9.17, 15) is 16.8 Å². The van der Waals surface area contributed by atoms with Gasteiger partial charge in [0.05, 0.1) is 53.9 Å². The highest BCUT2D eigenvalue weighted by molar-refractivity contribution is 7.90. The topological polar surface area (TPSA) is 144 Å². The minimum atomic E-state index is -3.98. The van der Waals surface area contributed by atoms with Gasteiger partial charge in [0.15, 0.2) is 0 Å². The summed E-state index contributed by atoms with van der Waals surface area (Å²) < 4.78 is 58.6. The van der Waals surface area contributed by atoms with Gasteiger partial charge >= 0.3 is 0 Å². The third-order valence-corrected chi connectivity index (χ3v) is 12.6. The van der Waals surface area contributed by atoms with E-state index in [0.29, 0.717) is 11.5 Å². The summed E-state index contributed by atoms with van der Waals surface area (Å²) in [6.45, 7) is 4.60. The second-order valence-corrected chi connectivity index (χ2v) is 16.1. The highest BCUT2D eigenvalue weighted by Gasteiger charge is 2.36. The SMILES string of the molecule is Cc1ccc(S(=O)(=O)N2CCN=C2CN(NC2=NCCN2S(=O)(=O)c2ccc(C)cc2)c2c3ccccc3c(N(C)N)c3ccccc23)cc1. The molecule has 5 aromatic rings. The number of guanidine groups is 1. The molecule has 2 aliphatic rings. The van der Waals surface area contributed by atoms with Crippen LogP contribution in [0.25, 0.3) is 21.5 Å². The molecule has 0 aromatic heterocycles. The van der Waals surface area contributed by atoms with Crippen molar-refractivity contribution in [1.29, 1.82) is 0 Å². The molecule has 0 amide bonds. The number of aryl methyl sites for hydroxylation is 2. The lowest BCUT2D eigenvalue weighted by atomic mass is 9.97. The standard InChI is InChI=1S/C36H38N8O4S2/c1-25-12-16-27(17-13-25)49(45,46)43-22-20-38-33(43)24-42(40-36-39-21-23-44(36)50(47,48)28-18-14-26(2)15-19-28)35-31-10-6-4-8-29(31)34(41(3)37)30-9-5-7-11-32(30)35/h4-19H,20-24,37H2,1-3H3,(H,39,40). The Morgan fingerprint density at radius 2 is 1.10 bits per heavy atom. The predicted molar refractivity (Wildman–Crippen MR) is 199 cm³/mol. The Kier molecular flexibility index (Phi) is 8.62. The van der Waals surface area contributed by atoms with Crippen molar-refractivity contribution in [2.75, 3.05) is 49.8 Å². The van der Waals surface area contributed by atoms with Gasteiger partial charge in [-0.05, 0) is 38.1 Å². The second kappa shape index (κ2) is 12.9. The Hall–Kier alpha value is -5.18. The van der Waals surface area contributed by atoms with Crippen molar-refractivity contribution in [2.24, 2.45) is 15.8 Å². The molecule has 14 heteroatoms. The molecule has 0 saturated heterocycles. The zero-order chi connectivity index (χ0) is 35.2. The second-order valence-electron chi connectivity index (χ2n) is 12.4. The molecule has 0 bridgehead atoms. The summed E-state index contributed by atoms with van der Waals surface area (Å²) in [7, 11) is -6.15. The summed E-state index contributed by atoms with van der Waals surface area (Å²) in [4.78, 5) is 9.60. The first-order valence-corrected chi connectivity index (χ1v) is 19.1. The smallest absolute Gasteiger partial charge is 0.266 e. The normalized spacial score (nSPS) is 15.0. The minimum Gasteiger partial charge on any atom is -0.313 e. The Morgan fingerprint density at radius 1 is 0.660 bits per heavy atom. The maximum absolute atomic E-state index is 14.0. The van der Waals surface area contributed by atoms with E-state index in [1.807, 2.05) is 62.4 Å². The van der Waals surface area contributed by atoms with Crippen LogP contribution in [0.1, 0.15) is 11.1 Å². The van der Waals surface area contributed by atoms with E-state index in [1.54, 1.807) is 65.6 Å². The van der Waals surface area contributed by atoms with Crippen LogP contribution in [0.5, 0.6) is 0 Å². The minimum absolute atomic E-state index is 0.0334. The van der Waals surface area contributed by atoms with Crippen LogP contribution in [-0.2, 0) is 20.0 Å². The molecule has 258 valence electrons. The van der Waals surface area contributed by atoms with E-state index in [0.717, 1.165) is 38.4 Å². The lowest BCUT2D eigenvalue weighted by Crippen LogP contribution is -2.53. The third-order valence-electron chi connectivity index (χ3n) is 8.94. The number of fused-ring (bicyclic) bond motifs is 2. The number of hydrazine groups is 2. The summed E-state index contributed by atoms with van der Waals surface area (Å²) in [5.41, 5.74) is 6.71. The van der Waals surface area contributed by atoms with Crippen molar-refractivity contribution in [1.82, 2.24) is 14.0 Å². The van der Waals surface area contributed by atoms with Gasteiger partial charge in [-0.3, -0.25) is 19.7 Å². The van der Waals surface area contributed by atoms with E-state index in [4.69, 9.17) is 5.84 Å². The quantitative estimate of drug-likeness (QED) is 0.0993. The van der Waals surface area contributed by atoms with E-state index in [2.05, 4.69) is 15.4 Å². The van der Waals surface area contributed by atoms with Gasteiger partial charge in [-0.15, -0.1) is 0 Å². The molecule has 2 heterocycles. The Balaban J connectivity index is 1.37. The molecular weight excluding hydrogens is 673 g/mol. The number of nitrogens with two attached hydrogens (primary N) is 1. The van der Waals surface area contributed by atoms with Crippen LogP contribution in [0.15, 0.2) is 117 Å². The van der Waals surface area contributed by atoms with Crippen molar-refractivity contribution in [3.05, 3.63) is 108 Å². The number of anilines is 2. The van der Waals surface area contributed by atoms with Crippen LogP contribution >= 0.6 is 0 Å². The van der Waals surface area contributed by atoms with Crippen LogP contribution in [0.4, 0.5) is 11.4 Å². The molecule has 7 rings (SSSR count). The van der Waals surface area contributed by atoms with Gasteiger partial charge in [-0.2, -0.15) is 0 Å². The average Bonchev–Trinajstić information content (AvgIpc) is 3.78. The zero-order valence-electron chi connectivity index (χ0n) is 28.0. The van der Waals surface area contributed by atoms with Crippen molar-refractivity contribution >= 4 is 64.8 Å². The highest BCUT2D eigenvalue weighted by Crippen LogP contribution is 2.42. The summed E-state index contributed by atoms with van der Waals surface area (Å²) in [6.07, 6.45) is 0. The van der Waals surface area contributed by atoms with Crippen LogP contribution < -0.4 is 21.3 Å². The Labute approximate surface area is 292 Å². The largest absolute Gasteiger partial charge is 0.313 e. The number of hydrogen-bond acceptors (Lipinski definition) is 10. The Bertz CT molecular complexity index is 2220. The summed E-state index contributed by atoms with van der Waals surface area (Å²) >= 11 is 0. The molecule has 12 nitrogen and oxygen atoms in total. The number of benzene rings is 5. The highest BCUT2D eigenvalue weighted by atomic mass is 32.2. The van der Waals surface area contributed by atoms with Gasteiger partial charge in [0.25, 0.3) is 20.0 Å². The molecule has 0 aliphatic carbocycles. The fourth-order valence-electron chi connectivity index (χ4n) is 6.49. The average molecular weight is 711 g/mol. The van der Waals surface area contributed by atoms with E-state index >= 15 is 0 Å². The van der Waals surface area contributed by atoms with E-state index in [-0.39, 0.29) is 48.5 Å². The maximum atomic E-state index is 14.0. The molecule has 0 fully saturated rings.